The molecule has 1 aliphatic carbocycles. The molecule has 2 aliphatic rings. The van der Waals surface area contributed by atoms with Gasteiger partial charge in [0.25, 0.3) is 0 Å². The van der Waals surface area contributed by atoms with Crippen LogP contribution in [0.4, 0.5) is 0 Å². The van der Waals surface area contributed by atoms with Crippen molar-refractivity contribution in [1.29, 1.82) is 0 Å². The van der Waals surface area contributed by atoms with Gasteiger partial charge in [0.1, 0.15) is 0 Å². The quantitative estimate of drug-likeness (QED) is 0.749. The number of halogens is 2. The van der Waals surface area contributed by atoms with Gasteiger partial charge in [-0.2, -0.15) is 0 Å². The molecule has 5 nitrogen and oxygen atoms in total. The first kappa shape index (κ1) is 26.2. The summed E-state index contributed by atoms with van der Waals surface area (Å²) in [5.74, 6) is 0.145. The Morgan fingerprint density at radius 2 is 1.66 bits per heavy atom. The average molecular weight is 446 g/mol. The fraction of sp³-hybridized carbons (Fsp3) is 0.682. The Balaban J connectivity index is 0.00000210. The van der Waals surface area contributed by atoms with Crippen LogP contribution in [-0.4, -0.2) is 59.1 Å². The Kier molecular flexibility index (Phi) is 9.90. The topological polar surface area (TPSA) is 69.8 Å². The van der Waals surface area contributed by atoms with Crippen LogP contribution >= 0.6 is 24.8 Å². The van der Waals surface area contributed by atoms with Crippen molar-refractivity contribution in [2.75, 3.05) is 26.2 Å². The molecule has 3 atom stereocenters. The van der Waals surface area contributed by atoms with Crippen LogP contribution in [0.15, 0.2) is 24.3 Å². The van der Waals surface area contributed by atoms with E-state index in [-0.39, 0.29) is 48.1 Å². The summed E-state index contributed by atoms with van der Waals surface area (Å²) in [4.78, 5) is 17.2. The van der Waals surface area contributed by atoms with Crippen LogP contribution in [0, 0.1) is 5.92 Å². The summed E-state index contributed by atoms with van der Waals surface area (Å²) in [7, 11) is 0. The molecule has 0 unspecified atom stereocenters. The summed E-state index contributed by atoms with van der Waals surface area (Å²) in [6.07, 6.45) is 1.52. The van der Waals surface area contributed by atoms with E-state index in [1.165, 1.54) is 11.1 Å². The molecule has 1 heterocycles. The molecule has 2 fully saturated rings. The molecule has 3 N–H and O–H groups in total. The number of benzene rings is 1. The van der Waals surface area contributed by atoms with Gasteiger partial charge in [-0.3, -0.25) is 9.69 Å². The van der Waals surface area contributed by atoms with Crippen molar-refractivity contribution < 1.29 is 9.90 Å². The number of carbonyl (C=O) groups is 1. The third-order valence-electron chi connectivity index (χ3n) is 6.13. The second kappa shape index (κ2) is 11.0. The minimum Gasteiger partial charge on any atom is -0.391 e. The van der Waals surface area contributed by atoms with Crippen LogP contribution in [0.3, 0.4) is 0 Å². The highest BCUT2D eigenvalue weighted by Gasteiger charge is 2.34. The van der Waals surface area contributed by atoms with E-state index < -0.39 is 6.10 Å². The van der Waals surface area contributed by atoms with Crippen LogP contribution in [-0.2, 0) is 16.8 Å². The molecule has 166 valence electrons. The zero-order valence-corrected chi connectivity index (χ0v) is 19.5. The average Bonchev–Trinajstić information content (AvgIpc) is 2.64. The second-order valence-electron chi connectivity index (χ2n) is 9.29. The first-order valence-corrected chi connectivity index (χ1v) is 10.3. The van der Waals surface area contributed by atoms with Crippen LogP contribution in [0.1, 0.15) is 51.2 Å². The number of amides is 1. The van der Waals surface area contributed by atoms with Crippen molar-refractivity contribution >= 4 is 30.7 Å². The summed E-state index contributed by atoms with van der Waals surface area (Å²) in [5, 5.41) is 9.97. The van der Waals surface area contributed by atoms with Gasteiger partial charge in [0.05, 0.1) is 6.10 Å². The van der Waals surface area contributed by atoms with Crippen LogP contribution in [0.2, 0.25) is 0 Å². The van der Waals surface area contributed by atoms with Gasteiger partial charge in [-0.25, -0.2) is 0 Å². The second-order valence-corrected chi connectivity index (χ2v) is 9.29. The van der Waals surface area contributed by atoms with Gasteiger partial charge >= 0.3 is 0 Å². The predicted molar refractivity (Wildman–Crippen MR) is 123 cm³/mol. The first-order chi connectivity index (χ1) is 12.7. The lowest BCUT2D eigenvalue weighted by atomic mass is 9.83. The molecule has 29 heavy (non-hydrogen) atoms. The Bertz CT molecular complexity index is 640. The lowest BCUT2D eigenvalue weighted by Gasteiger charge is -2.38. The third kappa shape index (κ3) is 6.83. The molecule has 0 aromatic heterocycles. The standard InChI is InChI=1S/C22H35N3O2.2ClH/c1-22(2,3)18-7-4-16(5-8-18)15-24-10-12-25(13-11-24)21(27)17-6-9-19(23)20(26)14-17;;/h4-5,7-8,17,19-20,26H,6,9-15,23H2,1-3H3;2*1H/t17-,19-,20-;;/m0../s1. The first-order valence-electron chi connectivity index (χ1n) is 10.3. The van der Waals surface area contributed by atoms with Gasteiger partial charge in [0.15, 0.2) is 0 Å². The highest BCUT2D eigenvalue weighted by Crippen LogP contribution is 2.26. The van der Waals surface area contributed by atoms with Crippen molar-refractivity contribution in [3.63, 3.8) is 0 Å². The summed E-state index contributed by atoms with van der Waals surface area (Å²) in [5.41, 5.74) is 8.73. The van der Waals surface area contributed by atoms with Gasteiger partial charge in [-0.1, -0.05) is 45.0 Å². The number of carbonyl (C=O) groups excluding carboxylic acids is 1. The highest BCUT2D eigenvalue weighted by atomic mass is 35.5. The Morgan fingerprint density at radius 1 is 1.07 bits per heavy atom. The van der Waals surface area contributed by atoms with E-state index in [4.69, 9.17) is 5.73 Å². The molecule has 1 aliphatic heterocycles. The summed E-state index contributed by atoms with van der Waals surface area (Å²) in [6.45, 7) is 11.0. The lowest BCUT2D eigenvalue weighted by molar-refractivity contribution is -0.140. The monoisotopic (exact) mass is 445 g/mol. The van der Waals surface area contributed by atoms with E-state index in [1.54, 1.807) is 0 Å². The van der Waals surface area contributed by atoms with Gasteiger partial charge in [-0.15, -0.1) is 24.8 Å². The third-order valence-corrected chi connectivity index (χ3v) is 6.13. The molecule has 1 saturated heterocycles. The minimum absolute atomic E-state index is 0. The zero-order valence-electron chi connectivity index (χ0n) is 17.8. The molecule has 1 aromatic rings. The van der Waals surface area contributed by atoms with E-state index >= 15 is 0 Å². The van der Waals surface area contributed by atoms with E-state index in [9.17, 15) is 9.90 Å². The lowest BCUT2D eigenvalue weighted by Crippen LogP contribution is -2.52. The van der Waals surface area contributed by atoms with Gasteiger partial charge in [-0.05, 0) is 35.8 Å². The summed E-state index contributed by atoms with van der Waals surface area (Å²) >= 11 is 0. The molecule has 0 bridgehead atoms. The number of piperazine rings is 1. The van der Waals surface area contributed by atoms with Crippen molar-refractivity contribution in [2.45, 2.75) is 64.1 Å². The number of rotatable bonds is 3. The largest absolute Gasteiger partial charge is 0.391 e. The molecule has 0 spiro atoms. The Labute approximate surface area is 187 Å². The van der Waals surface area contributed by atoms with Crippen molar-refractivity contribution in [3.8, 4) is 0 Å². The zero-order chi connectivity index (χ0) is 19.6. The fourth-order valence-electron chi connectivity index (χ4n) is 4.15. The van der Waals surface area contributed by atoms with Gasteiger partial charge in [0.2, 0.25) is 5.91 Å². The smallest absolute Gasteiger partial charge is 0.225 e. The number of aliphatic hydroxyl groups is 1. The number of nitrogens with zero attached hydrogens (tertiary/aromatic N) is 2. The summed E-state index contributed by atoms with van der Waals surface area (Å²) in [6, 6.07) is 8.74. The minimum atomic E-state index is -0.537. The van der Waals surface area contributed by atoms with E-state index in [1.807, 2.05) is 4.90 Å². The van der Waals surface area contributed by atoms with Crippen LogP contribution in [0.25, 0.3) is 0 Å². The SMILES string of the molecule is CC(C)(C)c1ccc(CN2CCN(C(=O)[C@H]3CC[C@H](N)[C@@H](O)C3)CC2)cc1.Cl.Cl. The number of aliphatic hydroxyl groups excluding tert-OH is 1. The highest BCUT2D eigenvalue weighted by molar-refractivity contribution is 5.85. The van der Waals surface area contributed by atoms with Gasteiger partial charge in [0, 0.05) is 44.7 Å². The number of nitrogens with two attached hydrogens (primary N) is 1. The molecule has 1 saturated carbocycles. The normalized spacial score (nSPS) is 25.7. The molecule has 0 radical (unpaired) electrons. The Hall–Kier alpha value is -0.850. The molecule has 1 amide bonds. The van der Waals surface area contributed by atoms with Gasteiger partial charge < -0.3 is 15.7 Å². The fourth-order valence-corrected chi connectivity index (χ4v) is 4.15. The maximum atomic E-state index is 12.8. The van der Waals surface area contributed by atoms with E-state index in [2.05, 4.69) is 49.9 Å². The van der Waals surface area contributed by atoms with Crippen molar-refractivity contribution in [2.24, 2.45) is 11.7 Å². The number of hydrogen-bond acceptors (Lipinski definition) is 4. The maximum absolute atomic E-state index is 12.8. The number of hydrogen-bond donors (Lipinski definition) is 2. The summed E-state index contributed by atoms with van der Waals surface area (Å²) < 4.78 is 0. The predicted octanol–water partition coefficient (Wildman–Crippen LogP) is 2.96. The van der Waals surface area contributed by atoms with E-state index in [0.29, 0.717) is 6.42 Å². The Morgan fingerprint density at radius 3 is 2.17 bits per heavy atom. The van der Waals surface area contributed by atoms with Crippen molar-refractivity contribution in [1.82, 2.24) is 9.80 Å². The molecular formula is C22H37Cl2N3O2. The van der Waals surface area contributed by atoms with Crippen molar-refractivity contribution in [3.05, 3.63) is 35.4 Å². The van der Waals surface area contributed by atoms with Crippen LogP contribution < -0.4 is 5.73 Å². The molecule has 3 rings (SSSR count). The maximum Gasteiger partial charge on any atom is 0.225 e. The van der Waals surface area contributed by atoms with E-state index in [0.717, 1.165) is 45.6 Å². The van der Waals surface area contributed by atoms with Crippen LogP contribution in [0.5, 0.6) is 0 Å². The molecular weight excluding hydrogens is 409 g/mol. The molecule has 7 heteroatoms. The molecule has 1 aromatic carbocycles.